The lowest BCUT2D eigenvalue weighted by Crippen LogP contribution is -2.46. The Kier molecular flexibility index (Phi) is 7.14. The van der Waals surface area contributed by atoms with Crippen molar-refractivity contribution in [3.8, 4) is 0 Å². The molecule has 0 spiro atoms. The van der Waals surface area contributed by atoms with Gasteiger partial charge in [-0.25, -0.2) is 4.39 Å². The first-order chi connectivity index (χ1) is 15.1. The van der Waals surface area contributed by atoms with Crippen molar-refractivity contribution in [3.63, 3.8) is 0 Å². The molecule has 0 radical (unpaired) electrons. The summed E-state index contributed by atoms with van der Waals surface area (Å²) in [5, 5.41) is 6.97. The summed E-state index contributed by atoms with van der Waals surface area (Å²) >= 11 is 2.82. The molecule has 1 fully saturated rings. The topological polar surface area (TPSA) is 49.4 Å². The molecule has 7 heteroatoms. The van der Waals surface area contributed by atoms with E-state index in [1.54, 1.807) is 23.1 Å². The Bertz CT molecular complexity index is 981. The van der Waals surface area contributed by atoms with Gasteiger partial charge in [0, 0.05) is 17.5 Å². The molecule has 4 nitrogen and oxygen atoms in total. The van der Waals surface area contributed by atoms with E-state index >= 15 is 0 Å². The van der Waals surface area contributed by atoms with Gasteiger partial charge in [0.1, 0.15) is 11.9 Å². The van der Waals surface area contributed by atoms with Gasteiger partial charge >= 0.3 is 0 Å². The van der Waals surface area contributed by atoms with Gasteiger partial charge in [-0.1, -0.05) is 43.5 Å². The van der Waals surface area contributed by atoms with Gasteiger partial charge in [-0.15, -0.1) is 22.7 Å². The Balaban J connectivity index is 1.67. The fourth-order valence-corrected chi connectivity index (χ4v) is 5.52. The first-order valence-electron chi connectivity index (χ1n) is 10.5. The summed E-state index contributed by atoms with van der Waals surface area (Å²) in [6, 6.07) is 12.9. The van der Waals surface area contributed by atoms with E-state index in [-0.39, 0.29) is 30.2 Å². The molecule has 4 rings (SSSR count). The third-order valence-electron chi connectivity index (χ3n) is 5.58. The number of hydrogen-bond acceptors (Lipinski definition) is 4. The molecule has 1 aromatic carbocycles. The first-order valence-corrected chi connectivity index (χ1v) is 12.3. The van der Waals surface area contributed by atoms with Gasteiger partial charge in [0.2, 0.25) is 5.91 Å². The molecule has 1 aliphatic rings. The van der Waals surface area contributed by atoms with E-state index in [1.807, 2.05) is 29.0 Å². The number of thiophene rings is 2. The molecular weight excluding hydrogens is 431 g/mol. The predicted molar refractivity (Wildman–Crippen MR) is 123 cm³/mol. The van der Waals surface area contributed by atoms with Crippen LogP contribution in [0.25, 0.3) is 0 Å². The minimum absolute atomic E-state index is 0.147. The fraction of sp³-hybridized carbons (Fsp3) is 0.333. The number of nitrogens with one attached hydrogen (secondary N) is 1. The summed E-state index contributed by atoms with van der Waals surface area (Å²) in [6.07, 6.45) is 5.37. The van der Waals surface area contributed by atoms with Crippen LogP contribution in [0, 0.1) is 5.82 Å². The molecule has 0 aliphatic heterocycles. The standard InChI is InChI=1S/C24H25FN2O2S2/c25-18-12-10-17(11-13-18)16-27(24(29)21-9-5-15-31-21)22(20-8-4-14-30-20)23(28)26-19-6-2-1-3-7-19/h4-5,8-15,19,22H,1-3,6-7,16H2,(H,26,28)/t22-/m1/s1. The maximum Gasteiger partial charge on any atom is 0.265 e. The average Bonchev–Trinajstić information content (AvgIpc) is 3.50. The highest BCUT2D eigenvalue weighted by atomic mass is 32.1. The third-order valence-corrected chi connectivity index (χ3v) is 7.37. The van der Waals surface area contributed by atoms with Crippen LogP contribution >= 0.6 is 22.7 Å². The molecule has 2 heterocycles. The van der Waals surface area contributed by atoms with E-state index in [2.05, 4.69) is 5.32 Å². The second-order valence-electron chi connectivity index (χ2n) is 7.80. The van der Waals surface area contributed by atoms with Crippen molar-refractivity contribution >= 4 is 34.5 Å². The monoisotopic (exact) mass is 456 g/mol. The van der Waals surface area contributed by atoms with Gasteiger partial charge in [0.05, 0.1) is 4.88 Å². The lowest BCUT2D eigenvalue weighted by atomic mass is 9.95. The van der Waals surface area contributed by atoms with Crippen LogP contribution in [0.1, 0.15) is 58.3 Å². The van der Waals surface area contributed by atoms with Gasteiger partial charge in [-0.05, 0) is 53.4 Å². The van der Waals surface area contributed by atoms with Gasteiger partial charge in [-0.3, -0.25) is 9.59 Å². The Morgan fingerprint density at radius 2 is 1.71 bits per heavy atom. The largest absolute Gasteiger partial charge is 0.351 e. The lowest BCUT2D eigenvalue weighted by molar-refractivity contribution is -0.127. The van der Waals surface area contributed by atoms with E-state index in [9.17, 15) is 14.0 Å². The van der Waals surface area contributed by atoms with E-state index in [1.165, 1.54) is 41.2 Å². The molecule has 0 bridgehead atoms. The summed E-state index contributed by atoms with van der Waals surface area (Å²) in [4.78, 5) is 30.0. The third kappa shape index (κ3) is 5.40. The molecule has 1 N–H and O–H groups in total. The molecule has 2 amide bonds. The Morgan fingerprint density at radius 1 is 1.00 bits per heavy atom. The highest BCUT2D eigenvalue weighted by molar-refractivity contribution is 7.12. The Morgan fingerprint density at radius 3 is 2.35 bits per heavy atom. The summed E-state index contributed by atoms with van der Waals surface area (Å²) in [6.45, 7) is 0.220. The van der Waals surface area contributed by atoms with Crippen molar-refractivity contribution in [2.45, 2.75) is 50.7 Å². The van der Waals surface area contributed by atoms with E-state index in [4.69, 9.17) is 0 Å². The van der Waals surface area contributed by atoms with E-state index in [0.717, 1.165) is 36.1 Å². The quantitative estimate of drug-likeness (QED) is 0.490. The van der Waals surface area contributed by atoms with Crippen molar-refractivity contribution < 1.29 is 14.0 Å². The summed E-state index contributed by atoms with van der Waals surface area (Å²) in [5.41, 5.74) is 0.776. The Hall–Kier alpha value is -2.51. The molecule has 0 saturated heterocycles. The van der Waals surface area contributed by atoms with Crippen molar-refractivity contribution in [1.82, 2.24) is 10.2 Å². The zero-order valence-corrected chi connectivity index (χ0v) is 18.8. The number of benzene rings is 1. The SMILES string of the molecule is O=C(NC1CCCCC1)[C@@H](c1cccs1)N(Cc1ccc(F)cc1)C(=O)c1cccs1. The van der Waals surface area contributed by atoms with Crippen LogP contribution < -0.4 is 5.32 Å². The van der Waals surface area contributed by atoms with Crippen molar-refractivity contribution in [1.29, 1.82) is 0 Å². The van der Waals surface area contributed by atoms with Crippen LogP contribution in [0.2, 0.25) is 0 Å². The van der Waals surface area contributed by atoms with Gasteiger partial charge in [0.25, 0.3) is 5.91 Å². The predicted octanol–water partition coefficient (Wildman–Crippen LogP) is 5.78. The first kappa shape index (κ1) is 21.7. The minimum atomic E-state index is -0.735. The van der Waals surface area contributed by atoms with Crippen molar-refractivity contribution in [3.05, 3.63) is 80.4 Å². The van der Waals surface area contributed by atoms with Gasteiger partial charge < -0.3 is 10.2 Å². The average molecular weight is 457 g/mol. The van der Waals surface area contributed by atoms with Crippen LogP contribution in [0.3, 0.4) is 0 Å². The number of carbonyl (C=O) groups is 2. The highest BCUT2D eigenvalue weighted by Gasteiger charge is 2.34. The molecule has 162 valence electrons. The van der Waals surface area contributed by atoms with E-state index < -0.39 is 6.04 Å². The zero-order chi connectivity index (χ0) is 21.6. The second kappa shape index (κ2) is 10.2. The number of rotatable bonds is 7. The van der Waals surface area contributed by atoms with Crippen LogP contribution in [-0.2, 0) is 11.3 Å². The molecular formula is C24H25FN2O2S2. The molecule has 1 atom stereocenters. The minimum Gasteiger partial charge on any atom is -0.351 e. The number of hydrogen-bond donors (Lipinski definition) is 1. The molecule has 2 aromatic heterocycles. The highest BCUT2D eigenvalue weighted by Crippen LogP contribution is 2.30. The Labute approximate surface area is 189 Å². The smallest absolute Gasteiger partial charge is 0.265 e. The second-order valence-corrected chi connectivity index (χ2v) is 9.73. The molecule has 1 saturated carbocycles. The normalized spacial score (nSPS) is 15.4. The van der Waals surface area contributed by atoms with E-state index in [0.29, 0.717) is 4.88 Å². The van der Waals surface area contributed by atoms with Gasteiger partial charge in [-0.2, -0.15) is 0 Å². The number of carbonyl (C=O) groups excluding carboxylic acids is 2. The molecule has 3 aromatic rings. The van der Waals surface area contributed by atoms with Crippen molar-refractivity contribution in [2.24, 2.45) is 0 Å². The fourth-order valence-electron chi connectivity index (χ4n) is 4.01. The molecule has 1 aliphatic carbocycles. The maximum absolute atomic E-state index is 13.5. The number of amides is 2. The van der Waals surface area contributed by atoms with Crippen molar-refractivity contribution in [2.75, 3.05) is 0 Å². The van der Waals surface area contributed by atoms with Gasteiger partial charge in [0.15, 0.2) is 0 Å². The summed E-state index contributed by atoms with van der Waals surface area (Å²) in [7, 11) is 0. The van der Waals surface area contributed by atoms with Crippen LogP contribution in [0.15, 0.2) is 59.3 Å². The summed E-state index contributed by atoms with van der Waals surface area (Å²) < 4.78 is 13.4. The number of halogens is 1. The zero-order valence-electron chi connectivity index (χ0n) is 17.1. The van der Waals surface area contributed by atoms with Crippen LogP contribution in [0.4, 0.5) is 4.39 Å². The maximum atomic E-state index is 13.5. The summed E-state index contributed by atoms with van der Waals surface area (Å²) in [5.74, 6) is -0.678. The lowest BCUT2D eigenvalue weighted by Gasteiger charge is -2.32. The number of nitrogens with zero attached hydrogens (tertiary/aromatic N) is 1. The molecule has 31 heavy (non-hydrogen) atoms. The van der Waals surface area contributed by atoms with Crippen LogP contribution in [0.5, 0.6) is 0 Å². The van der Waals surface area contributed by atoms with Crippen LogP contribution in [-0.4, -0.2) is 22.8 Å². The molecule has 0 unspecified atom stereocenters.